The van der Waals surface area contributed by atoms with Crippen molar-refractivity contribution in [1.29, 1.82) is 0 Å². The van der Waals surface area contributed by atoms with Crippen molar-refractivity contribution in [3.8, 4) is 0 Å². The molecule has 0 bridgehead atoms. The normalized spacial score (nSPS) is 16.3. The molecular weight excluding hydrogens is 364 g/mol. The summed E-state index contributed by atoms with van der Waals surface area (Å²) in [6.45, 7) is 6.72. The summed E-state index contributed by atoms with van der Waals surface area (Å²) in [5.41, 5.74) is 3.44. The predicted molar refractivity (Wildman–Crippen MR) is 106 cm³/mol. The van der Waals surface area contributed by atoms with Gasteiger partial charge in [-0.3, -0.25) is 0 Å². The van der Waals surface area contributed by atoms with E-state index in [9.17, 15) is 13.5 Å². The summed E-state index contributed by atoms with van der Waals surface area (Å²) in [6, 6.07) is 12.8. The topological polar surface area (TPSA) is 78.9 Å². The van der Waals surface area contributed by atoms with E-state index in [0.717, 1.165) is 24.3 Å². The van der Waals surface area contributed by atoms with Gasteiger partial charge < -0.3 is 14.7 Å². The third-order valence-corrected chi connectivity index (χ3v) is 6.32. The number of aliphatic hydroxyl groups is 1. The molecule has 0 aromatic heterocycles. The number of hydrogen-bond acceptors (Lipinski definition) is 5. The molecule has 1 saturated heterocycles. The average Bonchev–Trinajstić information content (AvgIpc) is 2.67. The highest BCUT2D eigenvalue weighted by molar-refractivity contribution is 7.89. The number of aryl methyl sites for hydroxylation is 2. The summed E-state index contributed by atoms with van der Waals surface area (Å²) in [5, 5.41) is 10.4. The van der Waals surface area contributed by atoms with Crippen LogP contribution in [0.25, 0.3) is 0 Å². The Kier molecular flexibility index (Phi) is 6.16. The monoisotopic (exact) mass is 390 g/mol. The second-order valence-corrected chi connectivity index (χ2v) is 8.56. The molecule has 27 heavy (non-hydrogen) atoms. The van der Waals surface area contributed by atoms with E-state index in [2.05, 4.69) is 9.62 Å². The van der Waals surface area contributed by atoms with Crippen molar-refractivity contribution in [2.24, 2.45) is 0 Å². The Morgan fingerprint density at radius 2 is 1.78 bits per heavy atom. The van der Waals surface area contributed by atoms with Gasteiger partial charge in [-0.1, -0.05) is 29.8 Å². The lowest BCUT2D eigenvalue weighted by molar-refractivity contribution is 0.122. The molecule has 1 aliphatic heterocycles. The van der Waals surface area contributed by atoms with Crippen LogP contribution in [0.15, 0.2) is 47.4 Å². The van der Waals surface area contributed by atoms with Crippen molar-refractivity contribution < 1.29 is 18.3 Å². The van der Waals surface area contributed by atoms with E-state index < -0.39 is 16.1 Å². The van der Waals surface area contributed by atoms with E-state index in [1.807, 2.05) is 37.3 Å². The van der Waals surface area contributed by atoms with Crippen LogP contribution in [0.1, 0.15) is 22.8 Å². The van der Waals surface area contributed by atoms with E-state index in [1.54, 1.807) is 19.1 Å². The van der Waals surface area contributed by atoms with Gasteiger partial charge >= 0.3 is 0 Å². The summed E-state index contributed by atoms with van der Waals surface area (Å²) >= 11 is 0. The zero-order chi connectivity index (χ0) is 19.4. The number of aliphatic hydroxyl groups excluding tert-OH is 1. The molecule has 0 saturated carbocycles. The van der Waals surface area contributed by atoms with Crippen LogP contribution in [0.2, 0.25) is 0 Å². The third-order valence-electron chi connectivity index (χ3n) is 4.74. The summed E-state index contributed by atoms with van der Waals surface area (Å²) in [6.07, 6.45) is -0.913. The molecule has 1 heterocycles. The molecule has 0 radical (unpaired) electrons. The van der Waals surface area contributed by atoms with Crippen molar-refractivity contribution in [3.63, 3.8) is 0 Å². The Labute approximate surface area is 160 Å². The van der Waals surface area contributed by atoms with E-state index in [0.29, 0.717) is 24.3 Å². The summed E-state index contributed by atoms with van der Waals surface area (Å²) in [4.78, 5) is 2.46. The van der Waals surface area contributed by atoms with Gasteiger partial charge in [-0.05, 0) is 43.2 Å². The van der Waals surface area contributed by atoms with Crippen LogP contribution >= 0.6 is 0 Å². The zero-order valence-corrected chi connectivity index (χ0v) is 16.5. The van der Waals surface area contributed by atoms with Gasteiger partial charge in [0.2, 0.25) is 10.0 Å². The lowest BCUT2D eigenvalue weighted by Gasteiger charge is -2.29. The average molecular weight is 391 g/mol. The van der Waals surface area contributed by atoms with E-state index >= 15 is 0 Å². The molecule has 0 spiro atoms. The van der Waals surface area contributed by atoms with Crippen LogP contribution in [0.3, 0.4) is 0 Å². The van der Waals surface area contributed by atoms with Crippen molar-refractivity contribution in [3.05, 3.63) is 59.2 Å². The Morgan fingerprint density at radius 3 is 2.41 bits per heavy atom. The molecule has 7 heteroatoms. The molecular formula is C20H26N2O4S. The lowest BCUT2D eigenvalue weighted by atomic mass is 10.1. The third kappa shape index (κ3) is 4.87. The molecule has 6 nitrogen and oxygen atoms in total. The number of sulfonamides is 1. The number of nitrogens with one attached hydrogen (secondary N) is 1. The van der Waals surface area contributed by atoms with Crippen LogP contribution in [0, 0.1) is 13.8 Å². The Morgan fingerprint density at radius 1 is 1.11 bits per heavy atom. The lowest BCUT2D eigenvalue weighted by Crippen LogP contribution is -2.36. The Bertz CT molecular complexity index is 875. The number of rotatable bonds is 6. The van der Waals surface area contributed by atoms with Gasteiger partial charge in [-0.15, -0.1) is 0 Å². The maximum absolute atomic E-state index is 12.5. The van der Waals surface area contributed by atoms with Crippen LogP contribution in [0.4, 0.5) is 5.69 Å². The van der Waals surface area contributed by atoms with Gasteiger partial charge in [0, 0.05) is 25.3 Å². The molecule has 1 atom stereocenters. The second kappa shape index (κ2) is 8.39. The van der Waals surface area contributed by atoms with Crippen LogP contribution in [-0.4, -0.2) is 46.4 Å². The number of hydrogen-bond donors (Lipinski definition) is 2. The van der Waals surface area contributed by atoms with Gasteiger partial charge in [-0.2, -0.15) is 0 Å². The van der Waals surface area contributed by atoms with Crippen LogP contribution in [0.5, 0.6) is 0 Å². The second-order valence-electron chi connectivity index (χ2n) is 6.83. The Balaban J connectivity index is 1.63. The first-order chi connectivity index (χ1) is 12.9. The van der Waals surface area contributed by atoms with Crippen molar-refractivity contribution in [1.82, 2.24) is 4.72 Å². The number of ether oxygens (including phenoxy) is 1. The molecule has 1 aliphatic rings. The Hall–Kier alpha value is -1.93. The summed E-state index contributed by atoms with van der Waals surface area (Å²) in [7, 11) is -3.67. The van der Waals surface area contributed by atoms with Crippen LogP contribution < -0.4 is 9.62 Å². The van der Waals surface area contributed by atoms with E-state index in [4.69, 9.17) is 4.74 Å². The fourth-order valence-electron chi connectivity index (χ4n) is 3.21. The molecule has 3 rings (SSSR count). The van der Waals surface area contributed by atoms with E-state index in [1.165, 1.54) is 0 Å². The minimum absolute atomic E-state index is 0.0768. The fraction of sp³-hybridized carbons (Fsp3) is 0.400. The van der Waals surface area contributed by atoms with Gasteiger partial charge in [0.05, 0.1) is 24.2 Å². The fourth-order valence-corrected chi connectivity index (χ4v) is 4.48. The molecule has 146 valence electrons. The molecule has 0 amide bonds. The van der Waals surface area contributed by atoms with Gasteiger partial charge in [0.1, 0.15) is 0 Å². The number of benzene rings is 2. The molecule has 2 aromatic carbocycles. The molecule has 2 N–H and O–H groups in total. The molecule has 2 aromatic rings. The number of morpholine rings is 1. The van der Waals surface area contributed by atoms with Crippen molar-refractivity contribution in [2.45, 2.75) is 24.8 Å². The number of anilines is 1. The summed E-state index contributed by atoms with van der Waals surface area (Å²) in [5.74, 6) is 0. The highest BCUT2D eigenvalue weighted by Gasteiger charge is 2.19. The van der Waals surface area contributed by atoms with E-state index in [-0.39, 0.29) is 11.4 Å². The highest BCUT2D eigenvalue weighted by atomic mass is 32.2. The molecule has 1 unspecified atom stereocenters. The quantitative estimate of drug-likeness (QED) is 0.790. The van der Waals surface area contributed by atoms with Gasteiger partial charge in [0.15, 0.2) is 0 Å². The highest BCUT2D eigenvalue weighted by Crippen LogP contribution is 2.21. The first-order valence-electron chi connectivity index (χ1n) is 9.04. The first-order valence-corrected chi connectivity index (χ1v) is 10.5. The molecule has 0 aliphatic carbocycles. The van der Waals surface area contributed by atoms with Gasteiger partial charge in [0.25, 0.3) is 0 Å². The van der Waals surface area contributed by atoms with Crippen molar-refractivity contribution in [2.75, 3.05) is 37.7 Å². The summed E-state index contributed by atoms with van der Waals surface area (Å²) < 4.78 is 32.9. The first kappa shape index (κ1) is 19.8. The maximum atomic E-state index is 12.5. The smallest absolute Gasteiger partial charge is 0.240 e. The number of nitrogens with zero attached hydrogens (tertiary/aromatic N) is 1. The van der Waals surface area contributed by atoms with Crippen molar-refractivity contribution >= 4 is 15.7 Å². The SMILES string of the molecule is Cc1ccc(S(=O)(=O)NCC(O)c2ccc(N3CCOCC3)cc2)c(C)c1. The minimum atomic E-state index is -3.67. The molecule has 1 fully saturated rings. The maximum Gasteiger partial charge on any atom is 0.240 e. The zero-order valence-electron chi connectivity index (χ0n) is 15.7. The standard InChI is InChI=1S/C20H26N2O4S/c1-15-3-8-20(16(2)13-15)27(24,25)21-14-19(23)17-4-6-18(7-5-17)22-9-11-26-12-10-22/h3-8,13,19,21,23H,9-12,14H2,1-2H3. The predicted octanol–water partition coefficient (Wildman–Crippen LogP) is 2.15. The minimum Gasteiger partial charge on any atom is -0.387 e. The van der Waals surface area contributed by atoms with Crippen LogP contribution in [-0.2, 0) is 14.8 Å². The van der Waals surface area contributed by atoms with Gasteiger partial charge in [-0.25, -0.2) is 13.1 Å². The largest absolute Gasteiger partial charge is 0.387 e.